The number of H-pyrrole nitrogens is 1. The van der Waals surface area contributed by atoms with Crippen molar-refractivity contribution in [2.24, 2.45) is 13.0 Å². The molecule has 4 aromatic rings. The van der Waals surface area contributed by atoms with E-state index < -0.39 is 0 Å². The Labute approximate surface area is 237 Å². The van der Waals surface area contributed by atoms with E-state index in [9.17, 15) is 14.7 Å². The van der Waals surface area contributed by atoms with E-state index in [1.165, 1.54) is 23.9 Å². The van der Waals surface area contributed by atoms with E-state index in [0.717, 1.165) is 30.5 Å². The van der Waals surface area contributed by atoms with Gasteiger partial charge >= 0.3 is 0 Å². The number of aliphatic hydroxyl groups is 1. The van der Waals surface area contributed by atoms with Crippen molar-refractivity contribution in [1.29, 1.82) is 0 Å². The molecule has 3 N–H and O–H groups in total. The number of hydrogen-bond acceptors (Lipinski definition) is 9. The van der Waals surface area contributed by atoms with Crippen molar-refractivity contribution in [1.82, 2.24) is 39.4 Å². The smallest absolute Gasteiger partial charge is 0.277 e. The minimum atomic E-state index is -0.217. The zero-order valence-electron chi connectivity index (χ0n) is 23.5. The third-order valence-corrected chi connectivity index (χ3v) is 8.05. The van der Waals surface area contributed by atoms with E-state index in [4.69, 9.17) is 5.10 Å². The Morgan fingerprint density at radius 2 is 2.00 bits per heavy atom. The van der Waals surface area contributed by atoms with Crippen LogP contribution in [-0.4, -0.2) is 83.2 Å². The van der Waals surface area contributed by atoms with Gasteiger partial charge in [-0.05, 0) is 51.3 Å². The number of pyridine rings is 1. The summed E-state index contributed by atoms with van der Waals surface area (Å²) in [5, 5.41) is 21.4. The zero-order valence-corrected chi connectivity index (χ0v) is 23.5. The molecule has 41 heavy (non-hydrogen) atoms. The van der Waals surface area contributed by atoms with Crippen molar-refractivity contribution in [2.45, 2.75) is 45.1 Å². The van der Waals surface area contributed by atoms with Crippen LogP contribution < -0.4 is 15.8 Å². The fourth-order valence-electron chi connectivity index (χ4n) is 5.86. The van der Waals surface area contributed by atoms with Gasteiger partial charge in [-0.2, -0.15) is 5.10 Å². The predicted octanol–water partition coefficient (Wildman–Crippen LogP) is 2.44. The molecule has 0 aromatic carbocycles. The summed E-state index contributed by atoms with van der Waals surface area (Å²) < 4.78 is 3.23. The summed E-state index contributed by atoms with van der Waals surface area (Å²) in [6, 6.07) is 3.49. The zero-order chi connectivity index (χ0) is 28.5. The lowest BCUT2D eigenvalue weighted by atomic mass is 10.1. The van der Waals surface area contributed by atoms with Gasteiger partial charge in [0.05, 0.1) is 16.9 Å². The van der Waals surface area contributed by atoms with E-state index in [2.05, 4.69) is 30.3 Å². The molecule has 13 heteroatoms. The molecule has 2 aliphatic heterocycles. The van der Waals surface area contributed by atoms with E-state index in [0.29, 0.717) is 48.2 Å². The first kappa shape index (κ1) is 27.1. The summed E-state index contributed by atoms with van der Waals surface area (Å²) in [5.74, 6) is 2.28. The monoisotopic (exact) mass is 560 g/mol. The average molecular weight is 561 g/mol. The van der Waals surface area contributed by atoms with E-state index in [-0.39, 0.29) is 30.0 Å². The van der Waals surface area contributed by atoms with Crippen LogP contribution in [0.25, 0.3) is 22.3 Å². The van der Waals surface area contributed by atoms with Gasteiger partial charge in [0, 0.05) is 57.8 Å². The topological polar surface area (TPSA) is 150 Å². The number of aryl methyl sites for hydroxylation is 1. The van der Waals surface area contributed by atoms with Crippen LogP contribution >= 0.6 is 0 Å². The van der Waals surface area contributed by atoms with Gasteiger partial charge in [-0.3, -0.25) is 23.9 Å². The molecule has 216 valence electrons. The summed E-state index contributed by atoms with van der Waals surface area (Å²) in [7, 11) is 1.63. The van der Waals surface area contributed by atoms with Crippen molar-refractivity contribution in [3.05, 3.63) is 41.1 Å². The van der Waals surface area contributed by atoms with Crippen molar-refractivity contribution in [2.75, 3.05) is 43.0 Å². The maximum Gasteiger partial charge on any atom is 0.277 e. The lowest BCUT2D eigenvalue weighted by Crippen LogP contribution is -2.35. The lowest BCUT2D eigenvalue weighted by molar-refractivity contribution is -0.117. The van der Waals surface area contributed by atoms with Gasteiger partial charge < -0.3 is 20.4 Å². The second-order valence-corrected chi connectivity index (χ2v) is 11.1. The summed E-state index contributed by atoms with van der Waals surface area (Å²) in [4.78, 5) is 43.2. The first-order chi connectivity index (χ1) is 19.9. The van der Waals surface area contributed by atoms with Crippen LogP contribution in [0.3, 0.4) is 0 Å². The highest BCUT2D eigenvalue weighted by Crippen LogP contribution is 2.34. The maximum absolute atomic E-state index is 13.2. The normalized spacial score (nSPS) is 18.9. The van der Waals surface area contributed by atoms with Gasteiger partial charge in [0.25, 0.3) is 5.56 Å². The molecule has 2 fully saturated rings. The van der Waals surface area contributed by atoms with Crippen molar-refractivity contribution in [3.63, 3.8) is 0 Å². The number of fused-ring (bicyclic) bond motifs is 1. The van der Waals surface area contributed by atoms with Gasteiger partial charge in [-0.15, -0.1) is 0 Å². The molecule has 0 aliphatic carbocycles. The predicted molar refractivity (Wildman–Crippen MR) is 155 cm³/mol. The van der Waals surface area contributed by atoms with E-state index in [1.807, 2.05) is 22.6 Å². The molecule has 0 radical (unpaired) electrons. The third-order valence-electron chi connectivity index (χ3n) is 8.05. The van der Waals surface area contributed by atoms with Crippen LogP contribution in [0.4, 0.5) is 17.5 Å². The number of carbonyl (C=O) groups excluding carboxylic acids is 1. The van der Waals surface area contributed by atoms with Crippen molar-refractivity contribution < 1.29 is 9.90 Å². The Morgan fingerprint density at radius 1 is 1.17 bits per heavy atom. The highest BCUT2D eigenvalue weighted by Gasteiger charge is 2.35. The molecule has 1 amide bonds. The number of nitrogens with zero attached hydrogens (tertiary/aromatic N) is 8. The Morgan fingerprint density at radius 3 is 2.76 bits per heavy atom. The van der Waals surface area contributed by atoms with Crippen LogP contribution in [-0.2, 0) is 11.8 Å². The van der Waals surface area contributed by atoms with E-state index >= 15 is 0 Å². The highest BCUT2D eigenvalue weighted by molar-refractivity contribution is 6.03. The minimum Gasteiger partial charge on any atom is -0.396 e. The molecule has 6 heterocycles. The number of anilines is 3. The third kappa shape index (κ3) is 5.46. The number of nitrogens with one attached hydrogen (secondary N) is 2. The Kier molecular flexibility index (Phi) is 7.54. The van der Waals surface area contributed by atoms with Crippen LogP contribution in [0, 0.1) is 5.92 Å². The number of hydrogen-bond donors (Lipinski definition) is 3. The lowest BCUT2D eigenvalue weighted by Gasteiger charge is -2.28. The standard InChI is InChI=1S/C28H36N10O3/c1-18(7-11-39)38-22-13-24(32-23-6-8-29-26(33-23)21-15-31-35(2)28(21)41)30-14-20(22)27(34-38)37-17-19(12-25(37)40)16-36-9-4-3-5-10-36/h6,8,13-15,18-19,31,39H,3-5,7,9-12,16-17H2,1-2H3,(H,29,30,32,33)/t18-,19?/m0/s1. The van der Waals surface area contributed by atoms with Gasteiger partial charge in [-0.1, -0.05) is 6.42 Å². The number of rotatable bonds is 9. The minimum absolute atomic E-state index is 0.0247. The van der Waals surface area contributed by atoms with Gasteiger partial charge in [0.15, 0.2) is 11.6 Å². The molecule has 2 saturated heterocycles. The van der Waals surface area contributed by atoms with E-state index in [1.54, 1.807) is 31.7 Å². The van der Waals surface area contributed by atoms with Crippen LogP contribution in [0.5, 0.6) is 0 Å². The SMILES string of the molecule is C[C@@H](CCO)n1nc(N2CC(CN3CCCCC3)CC2=O)c2cnc(Nc3ccnc(-c4c[nH]n(C)c4=O)n3)cc21. The Balaban J connectivity index is 1.29. The number of aromatic amines is 1. The van der Waals surface area contributed by atoms with Gasteiger partial charge in [0.1, 0.15) is 17.2 Å². The number of likely N-dealkylation sites (tertiary alicyclic amines) is 1. The largest absolute Gasteiger partial charge is 0.396 e. The molecule has 2 atom stereocenters. The molecule has 6 rings (SSSR count). The molecule has 2 aliphatic rings. The molecule has 0 bridgehead atoms. The molecule has 1 unspecified atom stereocenters. The summed E-state index contributed by atoms with van der Waals surface area (Å²) >= 11 is 0. The van der Waals surface area contributed by atoms with Crippen LogP contribution in [0.2, 0.25) is 0 Å². The molecule has 13 nitrogen and oxygen atoms in total. The summed E-state index contributed by atoms with van der Waals surface area (Å²) in [6.07, 6.45) is 9.67. The maximum atomic E-state index is 13.2. The second-order valence-electron chi connectivity index (χ2n) is 11.1. The van der Waals surface area contributed by atoms with Crippen LogP contribution in [0.15, 0.2) is 35.5 Å². The highest BCUT2D eigenvalue weighted by atomic mass is 16.3. The fraction of sp³-hybridized carbons (Fsp3) is 0.500. The average Bonchev–Trinajstić information content (AvgIpc) is 3.63. The molecular weight excluding hydrogens is 524 g/mol. The second kappa shape index (κ2) is 11.4. The van der Waals surface area contributed by atoms with Crippen LogP contribution in [0.1, 0.15) is 45.1 Å². The Hall–Kier alpha value is -4.10. The molecule has 4 aromatic heterocycles. The number of piperidine rings is 1. The number of aromatic nitrogens is 7. The van der Waals surface area contributed by atoms with Crippen molar-refractivity contribution >= 4 is 34.3 Å². The molecule has 0 saturated carbocycles. The summed E-state index contributed by atoms with van der Waals surface area (Å²) in [5.41, 5.74) is 0.958. The Bertz CT molecular complexity index is 1600. The fourth-order valence-corrected chi connectivity index (χ4v) is 5.86. The number of amides is 1. The number of aliphatic hydroxyl groups excluding tert-OH is 1. The quantitative estimate of drug-likeness (QED) is 0.280. The number of carbonyl (C=O) groups is 1. The van der Waals surface area contributed by atoms with Crippen molar-refractivity contribution in [3.8, 4) is 11.4 Å². The summed E-state index contributed by atoms with van der Waals surface area (Å²) in [6.45, 7) is 5.81. The molecular formula is C28H36N10O3. The van der Waals surface area contributed by atoms with Gasteiger partial charge in [-0.25, -0.2) is 15.0 Å². The first-order valence-corrected chi connectivity index (χ1v) is 14.3. The molecule has 0 spiro atoms. The first-order valence-electron chi connectivity index (χ1n) is 14.3. The van der Waals surface area contributed by atoms with Gasteiger partial charge in [0.2, 0.25) is 5.91 Å².